The first kappa shape index (κ1) is 26.3. The maximum atomic E-state index is 12.6. The Morgan fingerprint density at radius 1 is 1.09 bits per heavy atom. The number of carbonyl (C=O) groups is 3. The lowest BCUT2D eigenvalue weighted by atomic mass is 10.1. The molecule has 1 N–H and O–H groups in total. The molecule has 8 nitrogen and oxygen atoms in total. The molecule has 1 heterocycles. The normalized spacial score (nSPS) is 10.6. The van der Waals surface area contributed by atoms with Gasteiger partial charge in [-0.25, -0.2) is 9.97 Å². The number of aryl methyl sites for hydroxylation is 3. The quantitative estimate of drug-likeness (QED) is 0.303. The minimum absolute atomic E-state index is 0.101. The average Bonchev–Trinajstić information content (AvgIpc) is 2.78. The Morgan fingerprint density at radius 2 is 1.76 bits per heavy atom. The van der Waals surface area contributed by atoms with Crippen LogP contribution in [0, 0.1) is 20.8 Å². The number of hydrogen-bond donors (Lipinski definition) is 1. The summed E-state index contributed by atoms with van der Waals surface area (Å²) in [6.45, 7) is 7.50. The summed E-state index contributed by atoms with van der Waals surface area (Å²) in [5, 5.41) is 3.52. The molecule has 0 unspecified atom stereocenters. The van der Waals surface area contributed by atoms with Crippen molar-refractivity contribution < 1.29 is 19.1 Å². The summed E-state index contributed by atoms with van der Waals surface area (Å²) >= 11 is 1.47. The molecule has 0 saturated heterocycles. The summed E-state index contributed by atoms with van der Waals surface area (Å²) in [6.07, 6.45) is 3.16. The number of nitrogens with one attached hydrogen (secondary N) is 1. The Bertz CT molecular complexity index is 973. The van der Waals surface area contributed by atoms with Crippen molar-refractivity contribution in [1.29, 1.82) is 0 Å². The molecule has 1 aromatic carbocycles. The molecule has 0 radical (unpaired) electrons. The van der Waals surface area contributed by atoms with Crippen LogP contribution in [0.1, 0.15) is 42.3 Å². The van der Waals surface area contributed by atoms with Crippen LogP contribution in [0.25, 0.3) is 0 Å². The van der Waals surface area contributed by atoms with Crippen molar-refractivity contribution in [2.45, 2.75) is 52.1 Å². The minimum Gasteiger partial charge on any atom is -0.456 e. The van der Waals surface area contributed by atoms with Crippen molar-refractivity contribution in [2.75, 3.05) is 31.3 Å². The Morgan fingerprint density at radius 3 is 2.36 bits per heavy atom. The molecule has 0 aliphatic heterocycles. The number of amides is 2. The van der Waals surface area contributed by atoms with Crippen LogP contribution in [0.4, 0.5) is 5.69 Å². The maximum absolute atomic E-state index is 12.6. The first-order valence-electron chi connectivity index (χ1n) is 10.9. The van der Waals surface area contributed by atoms with E-state index >= 15 is 0 Å². The molecule has 0 spiro atoms. The topological polar surface area (TPSA) is 101 Å². The van der Waals surface area contributed by atoms with Gasteiger partial charge in [-0.15, -0.1) is 0 Å². The first-order chi connectivity index (χ1) is 15.7. The highest BCUT2D eigenvalue weighted by molar-refractivity contribution is 7.98. The first-order valence-corrected chi connectivity index (χ1v) is 12.1. The van der Waals surface area contributed by atoms with Gasteiger partial charge in [0.2, 0.25) is 5.91 Å². The number of carbonyl (C=O) groups excluding carboxylic acids is 3. The Labute approximate surface area is 199 Å². The molecule has 178 valence electrons. The lowest BCUT2D eigenvalue weighted by Gasteiger charge is -2.21. The standard InChI is InChI=1S/C24H32N4O4S/c1-6-13-28(14-21(29)27-20-10-8-7-9-16(20)2)22(30)15-32-23(31)12-11-19-17(3)25-24(33-5)26-18(19)4/h7-10H,6,11-15H2,1-5H3,(H,27,29). The van der Waals surface area contributed by atoms with Gasteiger partial charge in [0.15, 0.2) is 11.8 Å². The van der Waals surface area contributed by atoms with E-state index in [1.807, 2.05) is 58.2 Å². The van der Waals surface area contributed by atoms with Crippen molar-refractivity contribution in [3.05, 3.63) is 46.8 Å². The van der Waals surface area contributed by atoms with Gasteiger partial charge in [0.05, 0.1) is 6.54 Å². The van der Waals surface area contributed by atoms with E-state index in [4.69, 9.17) is 4.74 Å². The van der Waals surface area contributed by atoms with E-state index in [9.17, 15) is 14.4 Å². The summed E-state index contributed by atoms with van der Waals surface area (Å²) in [7, 11) is 0. The molecule has 2 amide bonds. The van der Waals surface area contributed by atoms with Crippen molar-refractivity contribution in [3.63, 3.8) is 0 Å². The highest BCUT2D eigenvalue weighted by atomic mass is 32.2. The zero-order chi connectivity index (χ0) is 24.4. The number of hydrogen-bond acceptors (Lipinski definition) is 7. The van der Waals surface area contributed by atoms with E-state index in [0.717, 1.165) is 22.5 Å². The second-order valence-corrected chi connectivity index (χ2v) is 8.47. The summed E-state index contributed by atoms with van der Waals surface area (Å²) in [4.78, 5) is 47.5. The lowest BCUT2D eigenvalue weighted by Crippen LogP contribution is -2.40. The molecule has 0 atom stereocenters. The van der Waals surface area contributed by atoms with Crippen LogP contribution in [0.2, 0.25) is 0 Å². The van der Waals surface area contributed by atoms with Gasteiger partial charge in [0.25, 0.3) is 5.91 Å². The fourth-order valence-corrected chi connectivity index (χ4v) is 3.79. The Hall–Kier alpha value is -2.94. The number of nitrogens with zero attached hydrogens (tertiary/aromatic N) is 3. The second kappa shape index (κ2) is 12.9. The zero-order valence-electron chi connectivity index (χ0n) is 19.9. The van der Waals surface area contributed by atoms with Gasteiger partial charge < -0.3 is 15.0 Å². The molecule has 9 heteroatoms. The third kappa shape index (κ3) is 8.16. The maximum Gasteiger partial charge on any atom is 0.306 e. The Balaban J connectivity index is 1.86. The molecule has 0 saturated carbocycles. The van der Waals surface area contributed by atoms with Crippen molar-refractivity contribution >= 4 is 35.2 Å². The Kier molecular flexibility index (Phi) is 10.3. The van der Waals surface area contributed by atoms with Gasteiger partial charge in [-0.1, -0.05) is 36.9 Å². The number of rotatable bonds is 11. The summed E-state index contributed by atoms with van der Waals surface area (Å²) in [5.74, 6) is -1.17. The zero-order valence-corrected chi connectivity index (χ0v) is 20.8. The molecule has 0 aliphatic carbocycles. The fraction of sp³-hybridized carbons (Fsp3) is 0.458. The molecule has 2 aromatic rings. The number of thioether (sulfide) groups is 1. The molecule has 2 rings (SSSR count). The lowest BCUT2D eigenvalue weighted by molar-refractivity contribution is -0.152. The van der Waals surface area contributed by atoms with Crippen LogP contribution >= 0.6 is 11.8 Å². The minimum atomic E-state index is -0.475. The number of esters is 1. The number of ether oxygens (including phenoxy) is 1. The van der Waals surface area contributed by atoms with Crippen LogP contribution in [0.15, 0.2) is 29.4 Å². The second-order valence-electron chi connectivity index (χ2n) is 7.70. The summed E-state index contributed by atoms with van der Waals surface area (Å²) in [5.41, 5.74) is 4.23. The van der Waals surface area contributed by atoms with E-state index in [1.165, 1.54) is 16.7 Å². The van der Waals surface area contributed by atoms with Gasteiger partial charge in [-0.3, -0.25) is 14.4 Å². The van der Waals surface area contributed by atoms with E-state index in [-0.39, 0.29) is 18.9 Å². The average molecular weight is 473 g/mol. The van der Waals surface area contributed by atoms with Crippen LogP contribution < -0.4 is 5.32 Å². The molecule has 33 heavy (non-hydrogen) atoms. The molecule has 0 aliphatic rings. The summed E-state index contributed by atoms with van der Waals surface area (Å²) in [6, 6.07) is 7.44. The molecule has 1 aromatic heterocycles. The van der Waals surface area contributed by atoms with Gasteiger partial charge in [0, 0.05) is 30.0 Å². The highest BCUT2D eigenvalue weighted by Gasteiger charge is 2.19. The predicted molar refractivity (Wildman–Crippen MR) is 129 cm³/mol. The largest absolute Gasteiger partial charge is 0.456 e. The monoisotopic (exact) mass is 472 g/mol. The van der Waals surface area contributed by atoms with Crippen molar-refractivity contribution in [2.24, 2.45) is 0 Å². The molecule has 0 bridgehead atoms. The number of anilines is 1. The van der Waals surface area contributed by atoms with Crippen LogP contribution in [-0.4, -0.2) is 58.6 Å². The van der Waals surface area contributed by atoms with E-state index in [0.29, 0.717) is 30.2 Å². The van der Waals surface area contributed by atoms with Crippen molar-refractivity contribution in [1.82, 2.24) is 14.9 Å². The van der Waals surface area contributed by atoms with Crippen LogP contribution in [0.3, 0.4) is 0 Å². The SMILES string of the molecule is CCCN(CC(=O)Nc1ccccc1C)C(=O)COC(=O)CCc1c(C)nc(SC)nc1C. The van der Waals surface area contributed by atoms with E-state index in [2.05, 4.69) is 15.3 Å². The molecular formula is C24H32N4O4S. The number of benzene rings is 1. The summed E-state index contributed by atoms with van der Waals surface area (Å²) < 4.78 is 5.19. The molecule has 0 fully saturated rings. The van der Waals surface area contributed by atoms with Crippen LogP contribution in [-0.2, 0) is 25.5 Å². The van der Waals surface area contributed by atoms with Gasteiger partial charge in [-0.05, 0) is 57.1 Å². The smallest absolute Gasteiger partial charge is 0.306 e. The third-order valence-electron chi connectivity index (χ3n) is 5.12. The van der Waals surface area contributed by atoms with Gasteiger partial charge in [-0.2, -0.15) is 0 Å². The van der Waals surface area contributed by atoms with Gasteiger partial charge in [0.1, 0.15) is 0 Å². The number of para-hydroxylation sites is 1. The highest BCUT2D eigenvalue weighted by Crippen LogP contribution is 2.17. The van der Waals surface area contributed by atoms with E-state index < -0.39 is 18.5 Å². The van der Waals surface area contributed by atoms with Gasteiger partial charge >= 0.3 is 5.97 Å². The van der Waals surface area contributed by atoms with Crippen LogP contribution in [0.5, 0.6) is 0 Å². The fourth-order valence-electron chi connectivity index (χ4n) is 3.33. The van der Waals surface area contributed by atoms with E-state index in [1.54, 1.807) is 0 Å². The number of aromatic nitrogens is 2. The molecular weight excluding hydrogens is 440 g/mol. The van der Waals surface area contributed by atoms with Crippen molar-refractivity contribution in [3.8, 4) is 0 Å². The predicted octanol–water partition coefficient (Wildman–Crippen LogP) is 3.48. The third-order valence-corrected chi connectivity index (χ3v) is 5.67.